The molecule has 1 fully saturated rings. The highest BCUT2D eigenvalue weighted by molar-refractivity contribution is 5.19. The van der Waals surface area contributed by atoms with Gasteiger partial charge in [-0.1, -0.05) is 44.1 Å². The van der Waals surface area contributed by atoms with Crippen molar-refractivity contribution in [1.82, 2.24) is 0 Å². The zero-order valence-corrected chi connectivity index (χ0v) is 13.0. The van der Waals surface area contributed by atoms with Crippen LogP contribution in [0.2, 0.25) is 0 Å². The first kappa shape index (κ1) is 16.2. The largest absolute Gasteiger partial charge is 0.204 e. The summed E-state index contributed by atoms with van der Waals surface area (Å²) in [5, 5.41) is 0. The first-order valence-corrected chi connectivity index (χ1v) is 8.30. The lowest BCUT2D eigenvalue weighted by Gasteiger charge is -2.26. The Balaban J connectivity index is 1.73. The van der Waals surface area contributed by atoms with Gasteiger partial charge in [-0.2, -0.15) is 0 Å². The molecule has 116 valence electrons. The lowest BCUT2D eigenvalue weighted by molar-refractivity contribution is 0.294. The molecule has 1 aromatic rings. The van der Waals surface area contributed by atoms with Crippen molar-refractivity contribution in [3.05, 3.63) is 47.5 Å². The minimum absolute atomic E-state index is 0.478. The minimum atomic E-state index is -0.745. The summed E-state index contributed by atoms with van der Waals surface area (Å²) in [6, 6.07) is 4.41. The molecule has 0 saturated heterocycles. The highest BCUT2D eigenvalue weighted by Crippen LogP contribution is 2.32. The van der Waals surface area contributed by atoms with Gasteiger partial charge in [0.1, 0.15) is 0 Å². The first-order valence-electron chi connectivity index (χ1n) is 8.30. The Morgan fingerprint density at radius 2 is 1.90 bits per heavy atom. The van der Waals surface area contributed by atoms with Crippen molar-refractivity contribution >= 4 is 0 Å². The van der Waals surface area contributed by atoms with Crippen LogP contribution in [0.15, 0.2) is 30.4 Å². The van der Waals surface area contributed by atoms with Gasteiger partial charge in [0.15, 0.2) is 11.6 Å². The summed E-state index contributed by atoms with van der Waals surface area (Å²) in [7, 11) is 0. The van der Waals surface area contributed by atoms with Gasteiger partial charge in [0.05, 0.1) is 0 Å². The predicted molar refractivity (Wildman–Crippen MR) is 84.2 cm³/mol. The average molecular weight is 292 g/mol. The molecule has 1 aliphatic rings. The van der Waals surface area contributed by atoms with E-state index in [4.69, 9.17) is 0 Å². The van der Waals surface area contributed by atoms with Crippen LogP contribution in [0.3, 0.4) is 0 Å². The number of halogens is 2. The van der Waals surface area contributed by atoms with Crippen LogP contribution in [0, 0.1) is 23.5 Å². The molecular formula is C19H26F2. The maximum Gasteiger partial charge on any atom is 0.162 e. The summed E-state index contributed by atoms with van der Waals surface area (Å²) in [5.41, 5.74) is 0.478. The van der Waals surface area contributed by atoms with Crippen molar-refractivity contribution in [2.45, 2.75) is 58.3 Å². The maximum absolute atomic E-state index is 13.5. The predicted octanol–water partition coefficient (Wildman–Crippen LogP) is 6.06. The van der Waals surface area contributed by atoms with E-state index in [0.717, 1.165) is 12.3 Å². The number of hydrogen-bond acceptors (Lipinski definition) is 0. The van der Waals surface area contributed by atoms with Gasteiger partial charge in [-0.15, -0.1) is 0 Å². The normalized spacial score (nSPS) is 22.8. The van der Waals surface area contributed by atoms with Crippen LogP contribution in [-0.4, -0.2) is 0 Å². The van der Waals surface area contributed by atoms with E-state index >= 15 is 0 Å². The highest BCUT2D eigenvalue weighted by atomic mass is 19.2. The fraction of sp³-hybridized carbons (Fsp3) is 0.579. The summed E-state index contributed by atoms with van der Waals surface area (Å²) in [4.78, 5) is 0. The lowest BCUT2D eigenvalue weighted by Crippen LogP contribution is -2.12. The fourth-order valence-corrected chi connectivity index (χ4v) is 3.35. The Hall–Kier alpha value is -1.18. The van der Waals surface area contributed by atoms with Crippen LogP contribution in [-0.2, 0) is 6.42 Å². The SMILES string of the molecule is CCCC1CCC(C=CCCc2cccc(F)c2F)CC1. The molecule has 1 aromatic carbocycles. The highest BCUT2D eigenvalue weighted by Gasteiger charge is 2.18. The smallest absolute Gasteiger partial charge is 0.162 e. The van der Waals surface area contributed by atoms with Crippen molar-refractivity contribution in [1.29, 1.82) is 0 Å². The Morgan fingerprint density at radius 1 is 1.14 bits per heavy atom. The summed E-state index contributed by atoms with van der Waals surface area (Å²) in [6.45, 7) is 2.26. The van der Waals surface area contributed by atoms with Crippen LogP contribution >= 0.6 is 0 Å². The molecule has 1 saturated carbocycles. The van der Waals surface area contributed by atoms with Crippen LogP contribution in [0.25, 0.3) is 0 Å². The molecule has 0 atom stereocenters. The minimum Gasteiger partial charge on any atom is -0.204 e. The monoisotopic (exact) mass is 292 g/mol. The Morgan fingerprint density at radius 3 is 2.62 bits per heavy atom. The van der Waals surface area contributed by atoms with E-state index in [2.05, 4.69) is 19.1 Å². The molecule has 0 spiro atoms. The number of allylic oxidation sites excluding steroid dienone is 2. The third kappa shape index (κ3) is 4.94. The van der Waals surface area contributed by atoms with Crippen molar-refractivity contribution in [3.8, 4) is 0 Å². The number of rotatable bonds is 6. The summed E-state index contributed by atoms with van der Waals surface area (Å²) in [6.07, 6.45) is 13.7. The molecule has 0 amide bonds. The molecule has 1 aliphatic carbocycles. The first-order chi connectivity index (χ1) is 10.2. The molecule has 0 radical (unpaired) electrons. The van der Waals surface area contributed by atoms with Gasteiger partial charge in [0, 0.05) is 0 Å². The third-order valence-electron chi connectivity index (χ3n) is 4.61. The van der Waals surface area contributed by atoms with E-state index in [1.54, 1.807) is 12.1 Å². The number of aryl methyl sites for hydroxylation is 1. The van der Waals surface area contributed by atoms with E-state index in [-0.39, 0.29) is 0 Å². The Bertz CT molecular complexity index is 457. The van der Waals surface area contributed by atoms with E-state index in [1.807, 2.05) is 0 Å². The lowest BCUT2D eigenvalue weighted by atomic mass is 9.80. The topological polar surface area (TPSA) is 0 Å². The van der Waals surface area contributed by atoms with E-state index in [1.165, 1.54) is 44.6 Å². The van der Waals surface area contributed by atoms with Gasteiger partial charge in [-0.05, 0) is 62.0 Å². The summed E-state index contributed by atoms with van der Waals surface area (Å²) >= 11 is 0. The molecule has 0 aromatic heterocycles. The van der Waals surface area contributed by atoms with Crippen molar-refractivity contribution in [3.63, 3.8) is 0 Å². The number of benzene rings is 1. The van der Waals surface area contributed by atoms with Gasteiger partial charge in [0.2, 0.25) is 0 Å². The summed E-state index contributed by atoms with van der Waals surface area (Å²) in [5.74, 6) is 0.188. The van der Waals surface area contributed by atoms with Crippen molar-refractivity contribution < 1.29 is 8.78 Å². The molecule has 2 rings (SSSR count). The molecule has 0 N–H and O–H groups in total. The fourth-order valence-electron chi connectivity index (χ4n) is 3.35. The van der Waals surface area contributed by atoms with E-state index < -0.39 is 11.6 Å². The van der Waals surface area contributed by atoms with E-state index in [9.17, 15) is 8.78 Å². The Labute approximate surface area is 127 Å². The molecule has 0 heterocycles. The second kappa shape index (κ2) is 8.31. The molecule has 0 bridgehead atoms. The molecular weight excluding hydrogens is 266 g/mol. The third-order valence-corrected chi connectivity index (χ3v) is 4.61. The van der Waals surface area contributed by atoms with Crippen LogP contribution in [0.1, 0.15) is 57.4 Å². The second-order valence-corrected chi connectivity index (χ2v) is 6.25. The Kier molecular flexibility index (Phi) is 6.41. The molecule has 21 heavy (non-hydrogen) atoms. The van der Waals surface area contributed by atoms with Crippen LogP contribution in [0.5, 0.6) is 0 Å². The summed E-state index contributed by atoms with van der Waals surface area (Å²) < 4.78 is 26.6. The molecule has 2 heteroatoms. The molecule has 0 aliphatic heterocycles. The van der Waals surface area contributed by atoms with Gasteiger partial charge < -0.3 is 0 Å². The maximum atomic E-state index is 13.5. The van der Waals surface area contributed by atoms with Gasteiger partial charge in [0.25, 0.3) is 0 Å². The standard InChI is InChI=1S/C19H26F2/c1-2-6-15-11-13-16(14-12-15)7-3-4-8-17-9-5-10-18(20)19(17)21/h3,5,7,9-10,15-16H,2,4,6,8,11-14H2,1H3. The molecule has 0 unspecified atom stereocenters. The quantitative estimate of drug-likeness (QED) is 0.559. The van der Waals surface area contributed by atoms with Gasteiger partial charge >= 0.3 is 0 Å². The zero-order valence-electron chi connectivity index (χ0n) is 13.0. The van der Waals surface area contributed by atoms with Gasteiger partial charge in [-0.25, -0.2) is 8.78 Å². The van der Waals surface area contributed by atoms with E-state index in [0.29, 0.717) is 17.9 Å². The van der Waals surface area contributed by atoms with Crippen molar-refractivity contribution in [2.75, 3.05) is 0 Å². The average Bonchev–Trinajstić information content (AvgIpc) is 2.50. The van der Waals surface area contributed by atoms with Crippen LogP contribution < -0.4 is 0 Å². The number of hydrogen-bond donors (Lipinski definition) is 0. The second-order valence-electron chi connectivity index (χ2n) is 6.25. The van der Waals surface area contributed by atoms with Crippen LogP contribution in [0.4, 0.5) is 8.78 Å². The zero-order chi connectivity index (χ0) is 15.1. The molecule has 0 nitrogen and oxygen atoms in total. The van der Waals surface area contributed by atoms with Crippen molar-refractivity contribution in [2.24, 2.45) is 11.8 Å². The van der Waals surface area contributed by atoms with Gasteiger partial charge in [-0.3, -0.25) is 0 Å².